The van der Waals surface area contributed by atoms with Crippen LogP contribution in [-0.4, -0.2) is 48.4 Å². The van der Waals surface area contributed by atoms with Crippen molar-refractivity contribution in [2.45, 2.75) is 27.2 Å². The topological polar surface area (TPSA) is 41.7 Å². The highest BCUT2D eigenvalue weighted by molar-refractivity contribution is 5.85. The van der Waals surface area contributed by atoms with Gasteiger partial charge in [-0.25, -0.2) is 4.74 Å². The number of halogens is 1. The summed E-state index contributed by atoms with van der Waals surface area (Å²) in [6.07, 6.45) is 0.872. The van der Waals surface area contributed by atoms with Crippen LogP contribution in [0.5, 0.6) is 0 Å². The number of hydrogen-bond donors (Lipinski definition) is 0. The minimum absolute atomic E-state index is 0. The molecule has 0 radical (unpaired) electrons. The first-order valence-corrected chi connectivity index (χ1v) is 5.33. The van der Waals surface area contributed by atoms with E-state index in [-0.39, 0.29) is 12.4 Å². The van der Waals surface area contributed by atoms with E-state index in [0.29, 0.717) is 13.1 Å². The lowest BCUT2D eigenvalue weighted by Gasteiger charge is -2.17. The zero-order valence-electron chi connectivity index (χ0n) is 9.90. The van der Waals surface area contributed by atoms with E-state index in [2.05, 4.69) is 29.7 Å². The molecule has 0 aliphatic carbocycles. The van der Waals surface area contributed by atoms with Crippen molar-refractivity contribution in [3.63, 3.8) is 0 Å². The highest BCUT2D eigenvalue weighted by atomic mass is 35.5. The first kappa shape index (κ1) is 16.8. The Labute approximate surface area is 98.7 Å². The van der Waals surface area contributed by atoms with Gasteiger partial charge in [0, 0.05) is 6.54 Å². The molecule has 0 aromatic rings. The average molecular weight is 236 g/mol. The van der Waals surface area contributed by atoms with Crippen LogP contribution in [0.25, 0.3) is 0 Å². The van der Waals surface area contributed by atoms with Crippen molar-refractivity contribution in [2.75, 3.05) is 32.7 Å². The molecule has 0 bridgehead atoms. The summed E-state index contributed by atoms with van der Waals surface area (Å²) >= 11 is 0. The normalized spacial score (nSPS) is 9.33. The van der Waals surface area contributed by atoms with Crippen molar-refractivity contribution in [2.24, 2.45) is 4.99 Å². The molecule has 0 atom stereocenters. The van der Waals surface area contributed by atoms with Crippen molar-refractivity contribution in [1.29, 1.82) is 0 Å². The van der Waals surface area contributed by atoms with Gasteiger partial charge in [-0.15, -0.1) is 12.4 Å². The van der Waals surface area contributed by atoms with Crippen LogP contribution in [-0.2, 0) is 0 Å². The third kappa shape index (κ3) is 9.73. The molecule has 0 spiro atoms. The molecule has 0 amide bonds. The SMILES string of the molecule is CCN=C=[N+]([O-])CCCN(CC)CC.Cl. The lowest BCUT2D eigenvalue weighted by molar-refractivity contribution is -0.451. The van der Waals surface area contributed by atoms with Gasteiger partial charge in [0.05, 0.1) is 6.54 Å². The van der Waals surface area contributed by atoms with Gasteiger partial charge < -0.3 is 10.1 Å². The Bertz CT molecular complexity index is 199. The van der Waals surface area contributed by atoms with E-state index in [1.54, 1.807) is 0 Å². The second kappa shape index (κ2) is 11.5. The number of nitrogens with zero attached hydrogens (tertiary/aromatic N) is 3. The Morgan fingerprint density at radius 1 is 1.27 bits per heavy atom. The summed E-state index contributed by atoms with van der Waals surface area (Å²) in [5.74, 6) is 0. The summed E-state index contributed by atoms with van der Waals surface area (Å²) in [5.41, 5.74) is 0. The van der Waals surface area contributed by atoms with Gasteiger partial charge in [0.25, 0.3) is 0 Å². The first-order chi connectivity index (χ1) is 6.74. The monoisotopic (exact) mass is 235 g/mol. The lowest BCUT2D eigenvalue weighted by Crippen LogP contribution is -2.25. The maximum absolute atomic E-state index is 11.1. The maximum atomic E-state index is 11.1. The van der Waals surface area contributed by atoms with E-state index >= 15 is 0 Å². The Hall–Kier alpha value is -0.570. The summed E-state index contributed by atoms with van der Waals surface area (Å²) in [6.45, 7) is 10.3. The van der Waals surface area contributed by atoms with Crippen LogP contribution in [0.3, 0.4) is 0 Å². The molecular weight excluding hydrogens is 214 g/mol. The lowest BCUT2D eigenvalue weighted by atomic mass is 10.4. The second-order valence-electron chi connectivity index (χ2n) is 3.06. The maximum Gasteiger partial charge on any atom is 0.310 e. The van der Waals surface area contributed by atoms with Crippen LogP contribution in [0.4, 0.5) is 0 Å². The van der Waals surface area contributed by atoms with Crippen LogP contribution < -0.4 is 0 Å². The molecule has 0 fully saturated rings. The number of hydroxylamine groups is 1. The molecule has 0 saturated carbocycles. The van der Waals surface area contributed by atoms with Crippen LogP contribution >= 0.6 is 12.4 Å². The fraction of sp³-hybridized carbons (Fsp3) is 0.900. The van der Waals surface area contributed by atoms with Gasteiger partial charge in [0.2, 0.25) is 0 Å². The molecule has 0 heterocycles. The van der Waals surface area contributed by atoms with E-state index in [4.69, 9.17) is 0 Å². The van der Waals surface area contributed by atoms with Crippen LogP contribution in [0.1, 0.15) is 27.2 Å². The smallest absolute Gasteiger partial charge is 0.310 e. The van der Waals surface area contributed by atoms with E-state index in [1.165, 1.54) is 0 Å². The highest BCUT2D eigenvalue weighted by Crippen LogP contribution is 1.90. The summed E-state index contributed by atoms with van der Waals surface area (Å²) in [6, 6.07) is 2.43. The van der Waals surface area contributed by atoms with Crippen molar-refractivity contribution in [3.05, 3.63) is 5.21 Å². The van der Waals surface area contributed by atoms with Crippen LogP contribution in [0.15, 0.2) is 4.99 Å². The van der Waals surface area contributed by atoms with Gasteiger partial charge in [-0.2, -0.15) is 0 Å². The predicted molar refractivity (Wildman–Crippen MR) is 66.1 cm³/mol. The summed E-state index contributed by atoms with van der Waals surface area (Å²) < 4.78 is 0.785. The van der Waals surface area contributed by atoms with Gasteiger partial charge in [-0.05, 0) is 31.4 Å². The molecule has 4 nitrogen and oxygen atoms in total. The molecule has 0 N–H and O–H groups in total. The van der Waals surface area contributed by atoms with Crippen molar-refractivity contribution in [3.8, 4) is 0 Å². The minimum Gasteiger partial charge on any atom is -0.708 e. The van der Waals surface area contributed by atoms with Gasteiger partial charge in [-0.3, -0.25) is 0 Å². The third-order valence-corrected chi connectivity index (χ3v) is 2.07. The van der Waals surface area contributed by atoms with E-state index in [1.807, 2.05) is 6.92 Å². The zero-order valence-corrected chi connectivity index (χ0v) is 10.7. The van der Waals surface area contributed by atoms with Crippen molar-refractivity contribution in [1.82, 2.24) is 4.90 Å². The quantitative estimate of drug-likeness (QED) is 0.293. The van der Waals surface area contributed by atoms with Gasteiger partial charge in [0.1, 0.15) is 6.54 Å². The molecule has 0 aliphatic heterocycles. The molecular formula is C10H22ClN3O. The number of rotatable bonds is 7. The fourth-order valence-electron chi connectivity index (χ4n) is 1.18. The largest absolute Gasteiger partial charge is 0.708 e. The number of aliphatic imine (C=N–C) groups is 1. The van der Waals surface area contributed by atoms with Gasteiger partial charge >= 0.3 is 6.01 Å². The molecule has 0 aromatic carbocycles. The molecule has 0 saturated heterocycles. The third-order valence-electron chi connectivity index (χ3n) is 2.07. The van der Waals surface area contributed by atoms with Crippen LogP contribution in [0.2, 0.25) is 0 Å². The molecule has 0 aliphatic rings. The van der Waals surface area contributed by atoms with Gasteiger partial charge in [-0.1, -0.05) is 13.8 Å². The Kier molecular flexibility index (Phi) is 12.9. The molecule has 0 unspecified atom stereocenters. The summed E-state index contributed by atoms with van der Waals surface area (Å²) in [5, 5.41) is 11.1. The Balaban J connectivity index is 0. The van der Waals surface area contributed by atoms with Crippen molar-refractivity contribution >= 4 is 18.4 Å². The standard InChI is InChI=1S/C10H21N3O.ClH/c1-4-11-10-13(14)9-7-8-12(5-2)6-3;/h4-9H2,1-3H3;1H. The Morgan fingerprint density at radius 2 is 1.87 bits per heavy atom. The Morgan fingerprint density at radius 3 is 2.33 bits per heavy atom. The van der Waals surface area contributed by atoms with Gasteiger partial charge in [0.15, 0.2) is 0 Å². The minimum atomic E-state index is 0. The molecule has 0 rings (SSSR count). The zero-order chi connectivity index (χ0) is 10.8. The van der Waals surface area contributed by atoms with E-state index in [0.717, 1.165) is 30.8 Å². The molecule has 5 heteroatoms. The average Bonchev–Trinajstić information content (AvgIpc) is 2.21. The first-order valence-electron chi connectivity index (χ1n) is 5.33. The van der Waals surface area contributed by atoms with E-state index < -0.39 is 0 Å². The predicted octanol–water partition coefficient (Wildman–Crippen LogP) is 1.84. The summed E-state index contributed by atoms with van der Waals surface area (Å²) in [7, 11) is 0. The van der Waals surface area contributed by atoms with E-state index in [9.17, 15) is 5.21 Å². The van der Waals surface area contributed by atoms with Crippen LogP contribution in [0, 0.1) is 5.21 Å². The molecule has 90 valence electrons. The second-order valence-corrected chi connectivity index (χ2v) is 3.06. The molecule has 0 aromatic heterocycles. The van der Waals surface area contributed by atoms with Crippen molar-refractivity contribution < 1.29 is 4.74 Å². The fourth-order valence-corrected chi connectivity index (χ4v) is 1.18. The highest BCUT2D eigenvalue weighted by Gasteiger charge is 1.98. The summed E-state index contributed by atoms with van der Waals surface area (Å²) in [4.78, 5) is 6.06. The molecule has 15 heavy (non-hydrogen) atoms. The number of hydrogen-bond acceptors (Lipinski definition) is 3.